The summed E-state index contributed by atoms with van der Waals surface area (Å²) in [7, 11) is 0. The summed E-state index contributed by atoms with van der Waals surface area (Å²) in [6, 6.07) is 5.43. The van der Waals surface area contributed by atoms with Crippen molar-refractivity contribution in [2.75, 3.05) is 6.61 Å². The molecular weight excluding hydrogens is 335 g/mol. The van der Waals surface area contributed by atoms with E-state index in [1.807, 2.05) is 18.2 Å². The molecule has 1 atom stereocenters. The zero-order chi connectivity index (χ0) is 17.9. The largest absolute Gasteiger partial charge is 0.489 e. The number of para-hydroxylation sites is 1. The highest BCUT2D eigenvalue weighted by Gasteiger charge is 2.34. The molecule has 0 saturated carbocycles. The molecular formula is C17H16F3N3O2. The van der Waals surface area contributed by atoms with Crippen molar-refractivity contribution in [2.45, 2.75) is 19.0 Å². The van der Waals surface area contributed by atoms with Crippen LogP contribution in [0.3, 0.4) is 0 Å². The lowest BCUT2D eigenvalue weighted by Gasteiger charge is -2.26. The van der Waals surface area contributed by atoms with E-state index in [-0.39, 0.29) is 5.75 Å². The van der Waals surface area contributed by atoms with Crippen molar-refractivity contribution >= 4 is 0 Å². The molecule has 2 aromatic rings. The van der Waals surface area contributed by atoms with E-state index in [9.17, 15) is 13.2 Å². The fourth-order valence-electron chi connectivity index (χ4n) is 2.60. The number of allylic oxidation sites excluding steroid dienone is 1. The van der Waals surface area contributed by atoms with E-state index in [1.54, 1.807) is 6.07 Å². The van der Waals surface area contributed by atoms with Crippen molar-refractivity contribution in [1.82, 2.24) is 9.97 Å². The number of hydrogen-bond donors (Lipinski definition) is 1. The molecule has 1 aromatic carbocycles. The van der Waals surface area contributed by atoms with Gasteiger partial charge in [0.05, 0.1) is 19.0 Å². The number of alkyl halides is 3. The summed E-state index contributed by atoms with van der Waals surface area (Å²) >= 11 is 0. The molecule has 0 saturated heterocycles. The van der Waals surface area contributed by atoms with Gasteiger partial charge < -0.3 is 15.2 Å². The maximum atomic E-state index is 12.5. The van der Waals surface area contributed by atoms with Gasteiger partial charge in [-0.25, -0.2) is 9.97 Å². The highest BCUT2D eigenvalue weighted by Crippen LogP contribution is 2.39. The molecule has 132 valence electrons. The summed E-state index contributed by atoms with van der Waals surface area (Å²) in [6.45, 7) is 0.515. The lowest BCUT2D eigenvalue weighted by Crippen LogP contribution is -2.20. The Hall–Kier alpha value is -2.77. The summed E-state index contributed by atoms with van der Waals surface area (Å²) in [4.78, 5) is 6.57. The molecule has 0 bridgehead atoms. The Morgan fingerprint density at radius 1 is 1.28 bits per heavy atom. The van der Waals surface area contributed by atoms with Crippen LogP contribution in [-0.4, -0.2) is 16.6 Å². The average molecular weight is 351 g/mol. The first-order valence-electron chi connectivity index (χ1n) is 7.66. The summed E-state index contributed by atoms with van der Waals surface area (Å²) in [5.41, 5.74) is 6.34. The Morgan fingerprint density at radius 2 is 2.04 bits per heavy atom. The van der Waals surface area contributed by atoms with Crippen LogP contribution in [0.5, 0.6) is 17.2 Å². The number of benzene rings is 1. The van der Waals surface area contributed by atoms with Gasteiger partial charge in [0, 0.05) is 5.92 Å². The zero-order valence-electron chi connectivity index (χ0n) is 13.2. The molecule has 1 unspecified atom stereocenters. The van der Waals surface area contributed by atoms with E-state index in [1.165, 1.54) is 6.20 Å². The van der Waals surface area contributed by atoms with Crippen LogP contribution >= 0.6 is 0 Å². The Balaban J connectivity index is 1.76. The fourth-order valence-corrected chi connectivity index (χ4v) is 2.60. The van der Waals surface area contributed by atoms with Gasteiger partial charge >= 0.3 is 6.18 Å². The van der Waals surface area contributed by atoms with Crippen LogP contribution in [0.15, 0.2) is 42.9 Å². The van der Waals surface area contributed by atoms with Crippen molar-refractivity contribution in [1.29, 1.82) is 0 Å². The van der Waals surface area contributed by atoms with Gasteiger partial charge in [-0.3, -0.25) is 0 Å². The van der Waals surface area contributed by atoms with Crippen molar-refractivity contribution in [3.05, 3.63) is 54.3 Å². The predicted octanol–water partition coefficient (Wildman–Crippen LogP) is 3.70. The number of nitrogens with two attached hydrogens (primary N) is 1. The molecule has 0 radical (unpaired) electrons. The number of nitrogens with zero attached hydrogens (tertiary/aromatic N) is 2. The second-order valence-electron chi connectivity index (χ2n) is 5.63. The molecule has 0 spiro atoms. The minimum absolute atomic E-state index is 0.109. The first-order chi connectivity index (χ1) is 12.0. The quantitative estimate of drug-likeness (QED) is 0.909. The third kappa shape index (κ3) is 4.01. The first-order valence-corrected chi connectivity index (χ1v) is 7.66. The molecule has 1 aliphatic heterocycles. The molecule has 2 heterocycles. The van der Waals surface area contributed by atoms with Gasteiger partial charge in [-0.15, -0.1) is 0 Å². The number of hydrogen-bond acceptors (Lipinski definition) is 5. The summed E-state index contributed by atoms with van der Waals surface area (Å²) < 4.78 is 48.9. The second kappa shape index (κ2) is 7.00. The maximum Gasteiger partial charge on any atom is 0.451 e. The molecule has 8 heteroatoms. The molecule has 3 rings (SSSR count). The highest BCUT2D eigenvalue weighted by molar-refractivity contribution is 5.49. The Kier molecular flexibility index (Phi) is 4.78. The van der Waals surface area contributed by atoms with Gasteiger partial charge in [-0.05, 0) is 30.7 Å². The van der Waals surface area contributed by atoms with Gasteiger partial charge in [0.25, 0.3) is 0 Å². The van der Waals surface area contributed by atoms with E-state index in [2.05, 4.69) is 9.97 Å². The van der Waals surface area contributed by atoms with Crippen LogP contribution in [0.2, 0.25) is 0 Å². The van der Waals surface area contributed by atoms with Crippen LogP contribution < -0.4 is 15.2 Å². The van der Waals surface area contributed by atoms with Crippen LogP contribution in [0.4, 0.5) is 13.2 Å². The molecule has 0 amide bonds. The maximum absolute atomic E-state index is 12.5. The topological polar surface area (TPSA) is 70.3 Å². The summed E-state index contributed by atoms with van der Waals surface area (Å²) in [5, 5.41) is 0. The predicted molar refractivity (Wildman–Crippen MR) is 84.2 cm³/mol. The number of fused-ring (bicyclic) bond motifs is 1. The smallest absolute Gasteiger partial charge is 0.451 e. The average Bonchev–Trinajstić information content (AvgIpc) is 2.59. The van der Waals surface area contributed by atoms with Gasteiger partial charge in [0.15, 0.2) is 17.2 Å². The molecule has 0 fully saturated rings. The van der Waals surface area contributed by atoms with Crippen molar-refractivity contribution in [2.24, 2.45) is 11.7 Å². The van der Waals surface area contributed by atoms with Gasteiger partial charge in [0.1, 0.15) is 0 Å². The Morgan fingerprint density at radius 3 is 2.72 bits per heavy atom. The van der Waals surface area contributed by atoms with Gasteiger partial charge in [-0.2, -0.15) is 13.2 Å². The molecule has 0 aliphatic carbocycles. The van der Waals surface area contributed by atoms with Crippen molar-refractivity contribution in [3.8, 4) is 17.2 Å². The zero-order valence-corrected chi connectivity index (χ0v) is 13.2. The molecule has 2 N–H and O–H groups in total. The fraction of sp³-hybridized carbons (Fsp3) is 0.294. The van der Waals surface area contributed by atoms with Crippen LogP contribution in [0, 0.1) is 5.92 Å². The van der Waals surface area contributed by atoms with E-state index in [0.717, 1.165) is 30.8 Å². The van der Waals surface area contributed by atoms with E-state index in [4.69, 9.17) is 15.2 Å². The number of ether oxygens (including phenoxy) is 2. The van der Waals surface area contributed by atoms with Crippen LogP contribution in [0.1, 0.15) is 17.8 Å². The van der Waals surface area contributed by atoms with Crippen LogP contribution in [-0.2, 0) is 12.6 Å². The second-order valence-corrected chi connectivity index (χ2v) is 5.63. The van der Waals surface area contributed by atoms with E-state index >= 15 is 0 Å². The van der Waals surface area contributed by atoms with Crippen molar-refractivity contribution < 1.29 is 22.6 Å². The standard InChI is InChI=1S/C17H16F3N3O2/c18-17(19,20)16-22-8-13(9-23-16)25-14-5-1-4-12-7-11(3-2-6-21)10-24-15(12)14/h1-2,4-6,8-9,11H,3,7,10,21H2. The Bertz CT molecular complexity index is 761. The highest BCUT2D eigenvalue weighted by atomic mass is 19.4. The van der Waals surface area contributed by atoms with Gasteiger partial charge in [0.2, 0.25) is 5.82 Å². The SMILES string of the molecule is NC=CCC1COc2c(cccc2Oc2cnc(C(F)(F)F)nc2)C1. The van der Waals surface area contributed by atoms with E-state index < -0.39 is 12.0 Å². The lowest BCUT2D eigenvalue weighted by atomic mass is 9.94. The molecule has 5 nitrogen and oxygen atoms in total. The third-order valence-corrected chi connectivity index (χ3v) is 3.75. The third-order valence-electron chi connectivity index (χ3n) is 3.75. The monoisotopic (exact) mass is 351 g/mol. The molecule has 1 aromatic heterocycles. The number of rotatable bonds is 4. The summed E-state index contributed by atoms with van der Waals surface area (Å²) in [6.07, 6.45) is 2.42. The normalized spacial score (nSPS) is 17.2. The minimum atomic E-state index is -4.58. The number of halogens is 3. The minimum Gasteiger partial charge on any atom is -0.489 e. The first kappa shape index (κ1) is 17.1. The van der Waals surface area contributed by atoms with Crippen LogP contribution in [0.25, 0.3) is 0 Å². The number of aromatic nitrogens is 2. The lowest BCUT2D eigenvalue weighted by molar-refractivity contribution is -0.145. The Labute approximate surface area is 142 Å². The summed E-state index contributed by atoms with van der Waals surface area (Å²) in [5.74, 6) is 0.237. The van der Waals surface area contributed by atoms with E-state index in [0.29, 0.717) is 24.0 Å². The van der Waals surface area contributed by atoms with Gasteiger partial charge in [-0.1, -0.05) is 18.2 Å². The van der Waals surface area contributed by atoms with Crippen molar-refractivity contribution in [3.63, 3.8) is 0 Å². The molecule has 1 aliphatic rings. The molecule has 25 heavy (non-hydrogen) atoms.